The van der Waals surface area contributed by atoms with Gasteiger partial charge in [-0.1, -0.05) is 40.9 Å². The molecule has 0 saturated heterocycles. The van der Waals surface area contributed by atoms with E-state index in [4.69, 9.17) is 50.0 Å². The van der Waals surface area contributed by atoms with E-state index in [-0.39, 0.29) is 0 Å². The quantitative estimate of drug-likeness (QED) is 0.731. The van der Waals surface area contributed by atoms with Gasteiger partial charge in [0.1, 0.15) is 12.4 Å². The first-order valence-electron chi connectivity index (χ1n) is 7.18. The van der Waals surface area contributed by atoms with Gasteiger partial charge < -0.3 is 15.2 Å². The van der Waals surface area contributed by atoms with Crippen LogP contribution in [0, 0.1) is 0 Å². The number of halogens is 3. The van der Waals surface area contributed by atoms with Crippen molar-refractivity contribution in [1.82, 2.24) is 0 Å². The Morgan fingerprint density at radius 3 is 2.35 bits per heavy atom. The van der Waals surface area contributed by atoms with Crippen molar-refractivity contribution in [3.63, 3.8) is 0 Å². The van der Waals surface area contributed by atoms with Crippen LogP contribution in [0.2, 0.25) is 15.1 Å². The minimum atomic E-state index is 0.292. The highest BCUT2D eigenvalue weighted by Crippen LogP contribution is 2.36. The predicted molar refractivity (Wildman–Crippen MR) is 96.2 cm³/mol. The van der Waals surface area contributed by atoms with Gasteiger partial charge in [0.2, 0.25) is 0 Å². The van der Waals surface area contributed by atoms with Gasteiger partial charge in [-0.15, -0.1) is 0 Å². The molecule has 124 valence electrons. The van der Waals surface area contributed by atoms with Gasteiger partial charge in [0.05, 0.1) is 17.2 Å². The molecule has 0 heterocycles. The SMILES string of the molecule is COc1ccc(CCCN)cc1COc1c(Cl)cc(Cl)cc1Cl. The van der Waals surface area contributed by atoms with E-state index in [0.29, 0.717) is 34.0 Å². The molecule has 2 aromatic carbocycles. The fourth-order valence-corrected chi connectivity index (χ4v) is 3.15. The zero-order valence-electron chi connectivity index (χ0n) is 12.7. The zero-order valence-corrected chi connectivity index (χ0v) is 15.0. The number of benzene rings is 2. The van der Waals surface area contributed by atoms with Crippen molar-refractivity contribution in [3.8, 4) is 11.5 Å². The van der Waals surface area contributed by atoms with Crippen LogP contribution in [0.3, 0.4) is 0 Å². The van der Waals surface area contributed by atoms with Crippen molar-refractivity contribution in [3.05, 3.63) is 56.5 Å². The molecule has 3 nitrogen and oxygen atoms in total. The highest BCUT2D eigenvalue weighted by atomic mass is 35.5. The molecule has 0 spiro atoms. The van der Waals surface area contributed by atoms with Crippen LogP contribution in [0.25, 0.3) is 0 Å². The summed E-state index contributed by atoms with van der Waals surface area (Å²) in [6.07, 6.45) is 1.84. The van der Waals surface area contributed by atoms with E-state index in [1.165, 1.54) is 5.56 Å². The Morgan fingerprint density at radius 2 is 1.74 bits per heavy atom. The van der Waals surface area contributed by atoms with Crippen molar-refractivity contribution < 1.29 is 9.47 Å². The Bertz CT molecular complexity index is 654. The normalized spacial score (nSPS) is 10.7. The van der Waals surface area contributed by atoms with E-state index in [1.54, 1.807) is 19.2 Å². The lowest BCUT2D eigenvalue weighted by Crippen LogP contribution is -2.03. The van der Waals surface area contributed by atoms with Crippen molar-refractivity contribution in [2.24, 2.45) is 5.73 Å². The molecule has 0 saturated carbocycles. The number of aryl methyl sites for hydroxylation is 1. The molecule has 0 unspecified atom stereocenters. The Labute approximate surface area is 151 Å². The lowest BCUT2D eigenvalue weighted by molar-refractivity contribution is 0.297. The largest absolute Gasteiger partial charge is 0.496 e. The van der Waals surface area contributed by atoms with Gasteiger partial charge in [0.25, 0.3) is 0 Å². The number of nitrogens with two attached hydrogens (primary N) is 1. The molecular weight excluding hydrogens is 357 g/mol. The summed E-state index contributed by atoms with van der Waals surface area (Å²) < 4.78 is 11.2. The summed E-state index contributed by atoms with van der Waals surface area (Å²) in [5.41, 5.74) is 7.67. The van der Waals surface area contributed by atoms with Gasteiger partial charge in [-0.2, -0.15) is 0 Å². The van der Waals surface area contributed by atoms with Crippen LogP contribution in [0.5, 0.6) is 11.5 Å². The van der Waals surface area contributed by atoms with Crippen molar-refractivity contribution >= 4 is 34.8 Å². The maximum atomic E-state index is 6.14. The second-order valence-electron chi connectivity index (χ2n) is 5.03. The molecule has 23 heavy (non-hydrogen) atoms. The fourth-order valence-electron chi connectivity index (χ4n) is 2.22. The summed E-state index contributed by atoms with van der Waals surface area (Å²) in [4.78, 5) is 0. The number of hydrogen-bond acceptors (Lipinski definition) is 3. The lowest BCUT2D eigenvalue weighted by Gasteiger charge is -2.14. The Morgan fingerprint density at radius 1 is 1.04 bits per heavy atom. The van der Waals surface area contributed by atoms with Gasteiger partial charge in [-0.3, -0.25) is 0 Å². The Kier molecular flexibility index (Phi) is 6.85. The standard InChI is InChI=1S/C17H18Cl3NO2/c1-22-16-5-4-11(3-2-6-21)7-12(16)10-23-17-14(19)8-13(18)9-15(17)20/h4-5,7-9H,2-3,6,10,21H2,1H3. The molecule has 2 aromatic rings. The van der Waals surface area contributed by atoms with Crippen molar-refractivity contribution in [2.45, 2.75) is 19.4 Å². The summed E-state index contributed by atoms with van der Waals surface area (Å²) >= 11 is 18.2. The molecule has 0 bridgehead atoms. The summed E-state index contributed by atoms with van der Waals surface area (Å²) in [7, 11) is 1.63. The smallest absolute Gasteiger partial charge is 0.157 e. The molecule has 2 N–H and O–H groups in total. The molecule has 0 fully saturated rings. The Balaban J connectivity index is 2.19. The summed E-state index contributed by atoms with van der Waals surface area (Å²) in [5, 5.41) is 1.22. The first-order valence-corrected chi connectivity index (χ1v) is 8.31. The average molecular weight is 375 g/mol. The first-order chi connectivity index (χ1) is 11.0. The second kappa shape index (κ2) is 8.65. The van der Waals surface area contributed by atoms with E-state index < -0.39 is 0 Å². The van der Waals surface area contributed by atoms with Crippen molar-refractivity contribution in [2.75, 3.05) is 13.7 Å². The minimum absolute atomic E-state index is 0.292. The molecule has 0 aromatic heterocycles. The third-order valence-electron chi connectivity index (χ3n) is 3.35. The van der Waals surface area contributed by atoms with Gasteiger partial charge in [-0.25, -0.2) is 0 Å². The van der Waals surface area contributed by atoms with E-state index in [9.17, 15) is 0 Å². The third-order valence-corrected chi connectivity index (χ3v) is 4.13. The zero-order chi connectivity index (χ0) is 16.8. The summed E-state index contributed by atoms with van der Waals surface area (Å²) in [6, 6.07) is 9.19. The molecule has 0 amide bonds. The predicted octanol–water partition coefficient (Wildman–Crippen LogP) is 5.13. The Hall–Kier alpha value is -1.13. The van der Waals surface area contributed by atoms with E-state index in [0.717, 1.165) is 24.2 Å². The molecule has 0 radical (unpaired) electrons. The van der Waals surface area contributed by atoms with Crippen LogP contribution in [-0.4, -0.2) is 13.7 Å². The van der Waals surface area contributed by atoms with E-state index in [2.05, 4.69) is 0 Å². The maximum absolute atomic E-state index is 6.14. The topological polar surface area (TPSA) is 44.5 Å². The third kappa shape index (κ3) is 4.92. The first kappa shape index (κ1) is 18.2. The fraction of sp³-hybridized carbons (Fsp3) is 0.294. The average Bonchev–Trinajstić information content (AvgIpc) is 2.52. The van der Waals surface area contributed by atoms with Crippen LogP contribution in [0.4, 0.5) is 0 Å². The monoisotopic (exact) mass is 373 g/mol. The molecule has 0 aliphatic carbocycles. The minimum Gasteiger partial charge on any atom is -0.496 e. The molecule has 0 aliphatic heterocycles. The van der Waals surface area contributed by atoms with Crippen LogP contribution in [0.1, 0.15) is 17.5 Å². The lowest BCUT2D eigenvalue weighted by atomic mass is 10.1. The van der Waals surface area contributed by atoms with Crippen molar-refractivity contribution in [1.29, 1.82) is 0 Å². The number of hydrogen-bond donors (Lipinski definition) is 1. The molecule has 0 atom stereocenters. The number of ether oxygens (including phenoxy) is 2. The number of rotatable bonds is 7. The van der Waals surface area contributed by atoms with Crippen LogP contribution in [-0.2, 0) is 13.0 Å². The molecular formula is C17H18Cl3NO2. The van der Waals surface area contributed by atoms with Gasteiger partial charge >= 0.3 is 0 Å². The summed E-state index contributed by atoms with van der Waals surface area (Å²) in [5.74, 6) is 1.16. The van der Waals surface area contributed by atoms with Gasteiger partial charge in [-0.05, 0) is 49.2 Å². The summed E-state index contributed by atoms with van der Waals surface area (Å²) in [6.45, 7) is 0.953. The maximum Gasteiger partial charge on any atom is 0.157 e. The highest BCUT2D eigenvalue weighted by molar-refractivity contribution is 6.40. The van der Waals surface area contributed by atoms with Crippen LogP contribution < -0.4 is 15.2 Å². The highest BCUT2D eigenvalue weighted by Gasteiger charge is 2.11. The second-order valence-corrected chi connectivity index (χ2v) is 6.28. The molecule has 2 rings (SSSR count). The van der Waals surface area contributed by atoms with Gasteiger partial charge in [0, 0.05) is 10.6 Å². The van der Waals surface area contributed by atoms with E-state index in [1.807, 2.05) is 18.2 Å². The van der Waals surface area contributed by atoms with Crippen LogP contribution >= 0.6 is 34.8 Å². The van der Waals surface area contributed by atoms with E-state index >= 15 is 0 Å². The molecule has 6 heteroatoms. The van der Waals surface area contributed by atoms with Crippen LogP contribution in [0.15, 0.2) is 30.3 Å². The molecule has 0 aliphatic rings. The van der Waals surface area contributed by atoms with Gasteiger partial charge in [0.15, 0.2) is 5.75 Å². The number of methoxy groups -OCH3 is 1.